The number of piperazine rings is 1. The van der Waals surface area contributed by atoms with Crippen molar-refractivity contribution in [2.75, 3.05) is 32.7 Å². The Bertz CT molecular complexity index is 1260. The molecule has 34 heavy (non-hydrogen) atoms. The third-order valence-electron chi connectivity index (χ3n) is 7.15. The van der Waals surface area contributed by atoms with Crippen LogP contribution in [0, 0.1) is 5.92 Å². The lowest BCUT2D eigenvalue weighted by molar-refractivity contribution is -0.129. The summed E-state index contributed by atoms with van der Waals surface area (Å²) < 4.78 is 15.5. The van der Waals surface area contributed by atoms with Crippen molar-refractivity contribution in [2.45, 2.75) is 25.4 Å². The van der Waals surface area contributed by atoms with Gasteiger partial charge in [-0.25, -0.2) is 14.4 Å². The molecular formula is C24H27FN8O. The maximum absolute atomic E-state index is 13.4. The second kappa shape index (κ2) is 8.68. The fourth-order valence-electron chi connectivity index (χ4n) is 5.25. The smallest absolute Gasteiger partial charge is 0.251 e. The standard InChI is InChI=1S/C24H27FN8O/c25-19-9-17(10-26-12-19)24(34)32-5-3-31(4-6-32)20-7-16(8-20)13-33-14-18(11-30-33)22-21-1-2-27-23(21)29-15-28-22/h1-2,9,11-12,14-16,20,26H,3-8,10,13H2,(H,27,28,29). The number of nitrogens with one attached hydrogen (secondary N) is 2. The molecule has 1 saturated carbocycles. The maximum Gasteiger partial charge on any atom is 0.251 e. The van der Waals surface area contributed by atoms with Gasteiger partial charge in [0.1, 0.15) is 17.8 Å². The van der Waals surface area contributed by atoms with Crippen molar-refractivity contribution in [3.63, 3.8) is 0 Å². The Morgan fingerprint density at radius 2 is 2.03 bits per heavy atom. The van der Waals surface area contributed by atoms with Crippen LogP contribution in [0.25, 0.3) is 22.3 Å². The molecule has 0 radical (unpaired) electrons. The van der Waals surface area contributed by atoms with Gasteiger partial charge in [-0.3, -0.25) is 14.4 Å². The number of allylic oxidation sites excluding steroid dienone is 2. The van der Waals surface area contributed by atoms with E-state index in [4.69, 9.17) is 0 Å². The predicted molar refractivity (Wildman–Crippen MR) is 125 cm³/mol. The summed E-state index contributed by atoms with van der Waals surface area (Å²) in [6.45, 7) is 4.41. The number of H-pyrrole nitrogens is 1. The molecule has 2 fully saturated rings. The zero-order valence-electron chi connectivity index (χ0n) is 18.8. The largest absolute Gasteiger partial charge is 0.384 e. The summed E-state index contributed by atoms with van der Waals surface area (Å²) in [5.41, 5.74) is 3.23. The fourth-order valence-corrected chi connectivity index (χ4v) is 5.25. The molecule has 5 heterocycles. The molecule has 0 spiro atoms. The van der Waals surface area contributed by atoms with Crippen LogP contribution in [0.5, 0.6) is 0 Å². The Kier molecular flexibility index (Phi) is 5.37. The first-order valence-electron chi connectivity index (χ1n) is 11.8. The Morgan fingerprint density at radius 1 is 1.18 bits per heavy atom. The van der Waals surface area contributed by atoms with E-state index in [-0.39, 0.29) is 5.91 Å². The van der Waals surface area contributed by atoms with Gasteiger partial charge >= 0.3 is 0 Å². The monoisotopic (exact) mass is 462 g/mol. The van der Waals surface area contributed by atoms with Crippen LogP contribution in [0.3, 0.4) is 0 Å². The normalized spacial score (nSPS) is 23.3. The van der Waals surface area contributed by atoms with Gasteiger partial charge in [0.2, 0.25) is 0 Å². The van der Waals surface area contributed by atoms with Crippen molar-refractivity contribution in [3.05, 3.63) is 54.7 Å². The van der Waals surface area contributed by atoms with E-state index in [1.54, 1.807) is 6.33 Å². The summed E-state index contributed by atoms with van der Waals surface area (Å²) in [6.07, 6.45) is 12.3. The Hall–Kier alpha value is -3.53. The topological polar surface area (TPSA) is 95.0 Å². The molecule has 10 heteroatoms. The zero-order valence-corrected chi connectivity index (χ0v) is 18.8. The first kappa shape index (κ1) is 21.0. The van der Waals surface area contributed by atoms with E-state index < -0.39 is 5.83 Å². The van der Waals surface area contributed by atoms with Crippen LogP contribution < -0.4 is 5.32 Å². The average Bonchev–Trinajstić information content (AvgIpc) is 3.50. The van der Waals surface area contributed by atoms with Crippen LogP contribution in [0.1, 0.15) is 12.8 Å². The van der Waals surface area contributed by atoms with Gasteiger partial charge in [0.05, 0.1) is 11.9 Å². The summed E-state index contributed by atoms with van der Waals surface area (Å²) in [5, 5.41) is 8.38. The number of aromatic amines is 1. The van der Waals surface area contributed by atoms with Gasteiger partial charge in [-0.1, -0.05) is 0 Å². The number of carbonyl (C=O) groups is 1. The molecule has 0 unspecified atom stereocenters. The quantitative estimate of drug-likeness (QED) is 0.603. The van der Waals surface area contributed by atoms with Gasteiger partial charge in [-0.2, -0.15) is 5.10 Å². The van der Waals surface area contributed by atoms with Crippen LogP contribution in [-0.2, 0) is 11.3 Å². The average molecular weight is 463 g/mol. The lowest BCUT2D eigenvalue weighted by atomic mass is 9.79. The highest BCUT2D eigenvalue weighted by molar-refractivity contribution is 5.94. The van der Waals surface area contributed by atoms with E-state index in [2.05, 4.69) is 36.5 Å². The second-order valence-corrected chi connectivity index (χ2v) is 9.31. The number of nitrogens with zero attached hydrogens (tertiary/aromatic N) is 6. The minimum atomic E-state index is -0.396. The molecule has 0 bridgehead atoms. The van der Waals surface area contributed by atoms with Crippen LogP contribution in [0.2, 0.25) is 0 Å². The van der Waals surface area contributed by atoms with Crippen molar-refractivity contribution in [3.8, 4) is 11.3 Å². The summed E-state index contributed by atoms with van der Waals surface area (Å²) in [6, 6.07) is 2.55. The van der Waals surface area contributed by atoms with Crippen LogP contribution in [0.4, 0.5) is 4.39 Å². The van der Waals surface area contributed by atoms with Gasteiger partial charge in [-0.05, 0) is 30.9 Å². The number of aromatic nitrogens is 5. The van der Waals surface area contributed by atoms with E-state index in [1.807, 2.05) is 28.0 Å². The minimum Gasteiger partial charge on any atom is -0.384 e. The predicted octanol–water partition coefficient (Wildman–Crippen LogP) is 2.08. The van der Waals surface area contributed by atoms with Crippen molar-refractivity contribution in [1.82, 2.24) is 39.8 Å². The van der Waals surface area contributed by atoms with Gasteiger partial charge in [0, 0.05) is 80.4 Å². The molecule has 0 atom stereocenters. The molecule has 3 aromatic rings. The Balaban J connectivity index is 0.996. The summed E-state index contributed by atoms with van der Waals surface area (Å²) >= 11 is 0. The second-order valence-electron chi connectivity index (χ2n) is 9.31. The van der Waals surface area contributed by atoms with E-state index in [0.717, 1.165) is 54.8 Å². The molecular weight excluding hydrogens is 435 g/mol. The molecule has 6 rings (SSSR count). The highest BCUT2D eigenvalue weighted by Gasteiger charge is 2.36. The number of rotatable bonds is 5. The molecule has 1 amide bonds. The third kappa shape index (κ3) is 3.98. The lowest BCUT2D eigenvalue weighted by Crippen LogP contribution is -2.55. The summed E-state index contributed by atoms with van der Waals surface area (Å²) in [5.74, 6) is 0.146. The number of carbonyl (C=O) groups excluding carboxylic acids is 1. The molecule has 0 aromatic carbocycles. The van der Waals surface area contributed by atoms with Gasteiger partial charge in [0.15, 0.2) is 0 Å². The number of hydrogen-bond donors (Lipinski definition) is 2. The minimum absolute atomic E-state index is 0.0584. The summed E-state index contributed by atoms with van der Waals surface area (Å²) in [4.78, 5) is 28.8. The fraction of sp³-hybridized carbons (Fsp3) is 0.417. The summed E-state index contributed by atoms with van der Waals surface area (Å²) in [7, 11) is 0. The SMILES string of the molecule is O=C(C1=CC(F)=CNC1)N1CCN(C2CC(Cn3cc(-c4ncnc5[nH]ccc45)cn3)C2)CC1. The van der Waals surface area contributed by atoms with Crippen molar-refractivity contribution in [1.29, 1.82) is 0 Å². The molecule has 2 N–H and O–H groups in total. The van der Waals surface area contributed by atoms with E-state index in [0.29, 0.717) is 37.2 Å². The van der Waals surface area contributed by atoms with Crippen LogP contribution in [-0.4, -0.2) is 79.2 Å². The molecule has 176 valence electrons. The maximum atomic E-state index is 13.4. The molecule has 2 aliphatic heterocycles. The molecule has 3 aromatic heterocycles. The van der Waals surface area contributed by atoms with Crippen molar-refractivity contribution >= 4 is 16.9 Å². The van der Waals surface area contributed by atoms with Crippen LogP contribution >= 0.6 is 0 Å². The molecule has 3 aliphatic rings. The number of halogens is 1. The molecule has 1 saturated heterocycles. The number of amides is 1. The van der Waals surface area contributed by atoms with E-state index in [9.17, 15) is 9.18 Å². The van der Waals surface area contributed by atoms with Gasteiger partial charge in [0.25, 0.3) is 5.91 Å². The van der Waals surface area contributed by atoms with Crippen molar-refractivity contribution < 1.29 is 9.18 Å². The number of fused-ring (bicyclic) bond motifs is 1. The third-order valence-corrected chi connectivity index (χ3v) is 7.15. The molecule has 9 nitrogen and oxygen atoms in total. The van der Waals surface area contributed by atoms with Crippen molar-refractivity contribution in [2.24, 2.45) is 5.92 Å². The zero-order chi connectivity index (χ0) is 23.1. The van der Waals surface area contributed by atoms with E-state index >= 15 is 0 Å². The van der Waals surface area contributed by atoms with Gasteiger partial charge < -0.3 is 15.2 Å². The van der Waals surface area contributed by atoms with Crippen LogP contribution in [0.15, 0.2) is 54.7 Å². The first-order chi connectivity index (χ1) is 16.6. The Morgan fingerprint density at radius 3 is 2.85 bits per heavy atom. The lowest BCUT2D eigenvalue weighted by Gasteiger charge is -2.46. The van der Waals surface area contributed by atoms with Gasteiger partial charge in [-0.15, -0.1) is 0 Å². The molecule has 1 aliphatic carbocycles. The van der Waals surface area contributed by atoms with E-state index in [1.165, 1.54) is 12.3 Å². The first-order valence-corrected chi connectivity index (χ1v) is 11.8. The highest BCUT2D eigenvalue weighted by atomic mass is 19.1. The number of dihydropyridines is 1. The highest BCUT2D eigenvalue weighted by Crippen LogP contribution is 2.34. The number of hydrogen-bond acceptors (Lipinski definition) is 6. The Labute approximate surface area is 196 Å².